The van der Waals surface area contributed by atoms with Crippen LogP contribution in [0.4, 0.5) is 10.2 Å². The van der Waals surface area contributed by atoms with Gasteiger partial charge in [0.05, 0.1) is 0 Å². The summed E-state index contributed by atoms with van der Waals surface area (Å²) in [6, 6.07) is 16.2. The van der Waals surface area contributed by atoms with Crippen LogP contribution in [0.1, 0.15) is 42.1 Å². The first-order chi connectivity index (χ1) is 14.6. The largest absolute Gasteiger partial charge is 0.353 e. The highest BCUT2D eigenvalue weighted by Gasteiger charge is 2.26. The highest BCUT2D eigenvalue weighted by Crippen LogP contribution is 2.28. The van der Waals surface area contributed by atoms with Crippen LogP contribution in [0.25, 0.3) is 11.4 Å². The predicted molar refractivity (Wildman–Crippen MR) is 116 cm³/mol. The van der Waals surface area contributed by atoms with E-state index < -0.39 is 0 Å². The third-order valence-corrected chi connectivity index (χ3v) is 5.49. The maximum absolute atomic E-state index is 13.1. The molecule has 1 amide bonds. The lowest BCUT2D eigenvalue weighted by Gasteiger charge is -2.35. The third kappa shape index (κ3) is 4.48. The Kier molecular flexibility index (Phi) is 6.02. The Morgan fingerprint density at radius 1 is 1.13 bits per heavy atom. The van der Waals surface area contributed by atoms with E-state index in [9.17, 15) is 9.18 Å². The van der Waals surface area contributed by atoms with Gasteiger partial charge in [-0.1, -0.05) is 42.5 Å². The molecule has 3 aromatic rings. The number of amides is 1. The fourth-order valence-corrected chi connectivity index (χ4v) is 3.77. The molecule has 0 bridgehead atoms. The monoisotopic (exact) mass is 404 g/mol. The van der Waals surface area contributed by atoms with Crippen molar-refractivity contribution in [3.8, 4) is 11.4 Å². The number of nitrogens with one attached hydrogen (secondary N) is 1. The predicted octanol–water partition coefficient (Wildman–Crippen LogP) is 4.59. The van der Waals surface area contributed by atoms with Gasteiger partial charge in [-0.15, -0.1) is 0 Å². The van der Waals surface area contributed by atoms with Crippen molar-refractivity contribution < 1.29 is 9.18 Å². The SMILES string of the molecule is CC1CCCCN1c1nc(-c2ccccc2)ncc1C(=O)NCc1ccc(F)cc1. The molecule has 0 aliphatic carbocycles. The summed E-state index contributed by atoms with van der Waals surface area (Å²) in [5.41, 5.74) is 2.21. The second kappa shape index (κ2) is 9.03. The Morgan fingerprint density at radius 2 is 1.90 bits per heavy atom. The average molecular weight is 404 g/mol. The highest BCUT2D eigenvalue weighted by atomic mass is 19.1. The van der Waals surface area contributed by atoms with Gasteiger partial charge < -0.3 is 10.2 Å². The first-order valence-electron chi connectivity index (χ1n) is 10.3. The number of carbonyl (C=O) groups excluding carboxylic acids is 1. The third-order valence-electron chi connectivity index (χ3n) is 5.49. The van der Waals surface area contributed by atoms with E-state index in [-0.39, 0.29) is 11.7 Å². The smallest absolute Gasteiger partial charge is 0.256 e. The zero-order valence-corrected chi connectivity index (χ0v) is 17.0. The van der Waals surface area contributed by atoms with Gasteiger partial charge in [0.25, 0.3) is 5.91 Å². The van der Waals surface area contributed by atoms with Crippen molar-refractivity contribution in [2.45, 2.75) is 38.8 Å². The van der Waals surface area contributed by atoms with Crippen LogP contribution in [-0.4, -0.2) is 28.5 Å². The second-order valence-electron chi connectivity index (χ2n) is 7.64. The lowest BCUT2D eigenvalue weighted by molar-refractivity contribution is 0.0950. The number of anilines is 1. The topological polar surface area (TPSA) is 58.1 Å². The highest BCUT2D eigenvalue weighted by molar-refractivity contribution is 5.99. The first-order valence-corrected chi connectivity index (χ1v) is 10.3. The maximum Gasteiger partial charge on any atom is 0.256 e. The number of nitrogens with zero attached hydrogens (tertiary/aromatic N) is 3. The van der Waals surface area contributed by atoms with Gasteiger partial charge in [-0.05, 0) is 43.9 Å². The molecule has 1 N–H and O–H groups in total. The van der Waals surface area contributed by atoms with Crippen LogP contribution in [-0.2, 0) is 6.54 Å². The molecule has 0 saturated carbocycles. The Hall–Kier alpha value is -3.28. The van der Waals surface area contributed by atoms with E-state index in [1.807, 2.05) is 30.3 Å². The minimum absolute atomic E-state index is 0.230. The van der Waals surface area contributed by atoms with Crippen LogP contribution < -0.4 is 10.2 Å². The van der Waals surface area contributed by atoms with Crippen molar-refractivity contribution in [3.63, 3.8) is 0 Å². The summed E-state index contributed by atoms with van der Waals surface area (Å²) < 4.78 is 13.1. The molecule has 30 heavy (non-hydrogen) atoms. The van der Waals surface area contributed by atoms with E-state index >= 15 is 0 Å². The molecule has 2 heterocycles. The van der Waals surface area contributed by atoms with Crippen LogP contribution in [0.5, 0.6) is 0 Å². The number of carbonyl (C=O) groups is 1. The molecular weight excluding hydrogens is 379 g/mol. The van der Waals surface area contributed by atoms with E-state index in [2.05, 4.69) is 22.1 Å². The second-order valence-corrected chi connectivity index (χ2v) is 7.64. The van der Waals surface area contributed by atoms with Crippen molar-refractivity contribution in [2.75, 3.05) is 11.4 Å². The number of hydrogen-bond acceptors (Lipinski definition) is 4. The molecule has 154 valence electrons. The molecule has 1 saturated heterocycles. The molecule has 2 aromatic carbocycles. The van der Waals surface area contributed by atoms with Crippen molar-refractivity contribution >= 4 is 11.7 Å². The number of benzene rings is 2. The lowest BCUT2D eigenvalue weighted by Crippen LogP contribution is -2.40. The van der Waals surface area contributed by atoms with Crippen LogP contribution in [0.3, 0.4) is 0 Å². The summed E-state index contributed by atoms with van der Waals surface area (Å²) in [5.74, 6) is 0.758. The molecule has 1 atom stereocenters. The van der Waals surface area contributed by atoms with Crippen LogP contribution in [0, 0.1) is 5.82 Å². The Bertz CT molecular complexity index is 1010. The minimum Gasteiger partial charge on any atom is -0.353 e. The number of hydrogen-bond donors (Lipinski definition) is 1. The van der Waals surface area contributed by atoms with Crippen LogP contribution in [0.2, 0.25) is 0 Å². The van der Waals surface area contributed by atoms with E-state index in [1.54, 1.807) is 18.3 Å². The van der Waals surface area contributed by atoms with Gasteiger partial charge in [0, 0.05) is 30.9 Å². The van der Waals surface area contributed by atoms with Gasteiger partial charge in [0.15, 0.2) is 5.82 Å². The lowest BCUT2D eigenvalue weighted by atomic mass is 10.0. The Labute approximate surface area is 176 Å². The molecule has 0 spiro atoms. The zero-order chi connectivity index (χ0) is 20.9. The molecule has 1 fully saturated rings. The van der Waals surface area contributed by atoms with E-state index in [0.717, 1.165) is 30.5 Å². The maximum atomic E-state index is 13.1. The van der Waals surface area contributed by atoms with Gasteiger partial charge in [-0.2, -0.15) is 0 Å². The summed E-state index contributed by atoms with van der Waals surface area (Å²) in [6.45, 7) is 3.35. The number of aromatic nitrogens is 2. The summed E-state index contributed by atoms with van der Waals surface area (Å²) in [4.78, 5) is 24.5. The van der Waals surface area contributed by atoms with Gasteiger partial charge in [-0.3, -0.25) is 4.79 Å². The van der Waals surface area contributed by atoms with E-state index in [0.29, 0.717) is 29.8 Å². The standard InChI is InChI=1S/C24H25FN4O/c1-17-7-5-6-14-29(17)23-21(16-26-22(28-23)19-8-3-2-4-9-19)24(30)27-15-18-10-12-20(25)13-11-18/h2-4,8-13,16-17H,5-7,14-15H2,1H3,(H,27,30). The van der Waals surface area contributed by atoms with Gasteiger partial charge >= 0.3 is 0 Å². The fourth-order valence-electron chi connectivity index (χ4n) is 3.77. The van der Waals surface area contributed by atoms with Crippen molar-refractivity contribution in [2.24, 2.45) is 0 Å². The molecule has 1 aliphatic rings. The molecular formula is C24H25FN4O. The fraction of sp³-hybridized carbons (Fsp3) is 0.292. The molecule has 1 unspecified atom stereocenters. The summed E-state index contributed by atoms with van der Waals surface area (Å²) in [7, 11) is 0. The number of rotatable bonds is 5. The minimum atomic E-state index is -0.295. The summed E-state index contributed by atoms with van der Waals surface area (Å²) in [5, 5.41) is 2.92. The Morgan fingerprint density at radius 3 is 2.63 bits per heavy atom. The molecule has 5 nitrogen and oxygen atoms in total. The first kappa shape index (κ1) is 20.0. The molecule has 6 heteroatoms. The molecule has 4 rings (SSSR count). The van der Waals surface area contributed by atoms with Crippen molar-refractivity contribution in [1.82, 2.24) is 15.3 Å². The number of piperidine rings is 1. The van der Waals surface area contributed by atoms with Gasteiger partial charge in [0.1, 0.15) is 17.2 Å². The normalized spacial score (nSPS) is 16.3. The van der Waals surface area contributed by atoms with E-state index in [1.165, 1.54) is 18.6 Å². The quantitative estimate of drug-likeness (QED) is 0.676. The van der Waals surface area contributed by atoms with Gasteiger partial charge in [0.2, 0.25) is 0 Å². The Balaban J connectivity index is 1.63. The average Bonchev–Trinajstić information content (AvgIpc) is 2.79. The van der Waals surface area contributed by atoms with Crippen molar-refractivity contribution in [1.29, 1.82) is 0 Å². The number of halogens is 1. The molecule has 0 radical (unpaired) electrons. The zero-order valence-electron chi connectivity index (χ0n) is 17.0. The van der Waals surface area contributed by atoms with Gasteiger partial charge in [-0.25, -0.2) is 14.4 Å². The summed E-state index contributed by atoms with van der Waals surface area (Å²) >= 11 is 0. The summed E-state index contributed by atoms with van der Waals surface area (Å²) in [6.07, 6.45) is 4.94. The van der Waals surface area contributed by atoms with Crippen molar-refractivity contribution in [3.05, 3.63) is 77.7 Å². The molecule has 1 aromatic heterocycles. The van der Waals surface area contributed by atoms with E-state index in [4.69, 9.17) is 4.98 Å². The molecule has 1 aliphatic heterocycles. The van der Waals surface area contributed by atoms with Crippen LogP contribution >= 0.6 is 0 Å². The van der Waals surface area contributed by atoms with Crippen LogP contribution in [0.15, 0.2) is 60.8 Å².